The number of hydroxylamine groups is 1. The summed E-state index contributed by atoms with van der Waals surface area (Å²) in [7, 11) is 0. The van der Waals surface area contributed by atoms with Crippen molar-refractivity contribution in [3.63, 3.8) is 0 Å². The Bertz CT molecular complexity index is 711. The van der Waals surface area contributed by atoms with E-state index in [1.807, 2.05) is 0 Å². The smallest absolute Gasteiger partial charge is 0.243 e. The Labute approximate surface area is 129 Å². The van der Waals surface area contributed by atoms with Crippen LogP contribution in [0.1, 0.15) is 24.0 Å². The number of carbonyl (C=O) groups is 1. The Balaban J connectivity index is 1.73. The summed E-state index contributed by atoms with van der Waals surface area (Å²) in [5.74, 6) is 1.11. The summed E-state index contributed by atoms with van der Waals surface area (Å²) in [6.45, 7) is 5.95. The fourth-order valence-electron chi connectivity index (χ4n) is 2.87. The third-order valence-corrected chi connectivity index (χ3v) is 4.39. The molecule has 0 unspecified atom stereocenters. The fraction of sp³-hybridized carbons (Fsp3) is 0.438. The lowest BCUT2D eigenvalue weighted by Crippen LogP contribution is -2.47. The van der Waals surface area contributed by atoms with Gasteiger partial charge in [0.1, 0.15) is 12.1 Å². The van der Waals surface area contributed by atoms with Crippen LogP contribution in [0.2, 0.25) is 0 Å². The molecule has 1 amide bonds. The minimum atomic E-state index is -0.322. The van der Waals surface area contributed by atoms with Gasteiger partial charge in [-0.1, -0.05) is 0 Å². The zero-order chi connectivity index (χ0) is 15.7. The monoisotopic (exact) mass is 300 g/mol. The molecule has 0 radical (unpaired) electrons. The highest BCUT2D eigenvalue weighted by atomic mass is 16.5. The van der Waals surface area contributed by atoms with Crippen molar-refractivity contribution in [2.75, 3.05) is 18.0 Å². The third kappa shape index (κ3) is 2.74. The highest BCUT2D eigenvalue weighted by Crippen LogP contribution is 2.31. The Morgan fingerprint density at radius 1 is 1.32 bits per heavy atom. The molecule has 1 aliphatic heterocycles. The summed E-state index contributed by atoms with van der Waals surface area (Å²) in [4.78, 5) is 22.1. The van der Waals surface area contributed by atoms with Gasteiger partial charge in [-0.2, -0.15) is 0 Å². The predicted octanol–water partition coefficient (Wildman–Crippen LogP) is 1.97. The van der Waals surface area contributed by atoms with Gasteiger partial charge in [0.2, 0.25) is 5.91 Å². The number of nitrogens with one attached hydrogen (secondary N) is 1. The summed E-state index contributed by atoms with van der Waals surface area (Å²) < 4.78 is 0. The van der Waals surface area contributed by atoms with Crippen LogP contribution in [0.5, 0.6) is 0 Å². The molecule has 6 nitrogen and oxygen atoms in total. The van der Waals surface area contributed by atoms with Crippen molar-refractivity contribution in [3.05, 3.63) is 29.6 Å². The van der Waals surface area contributed by atoms with Crippen LogP contribution in [0.3, 0.4) is 0 Å². The van der Waals surface area contributed by atoms with Crippen molar-refractivity contribution in [1.29, 1.82) is 0 Å². The second-order valence-corrected chi connectivity index (χ2v) is 6.00. The molecule has 2 N–H and O–H groups in total. The lowest BCUT2D eigenvalue weighted by Gasteiger charge is -2.40. The Morgan fingerprint density at radius 2 is 2.05 bits per heavy atom. The molecule has 2 aromatic rings. The van der Waals surface area contributed by atoms with Gasteiger partial charge in [0.05, 0.1) is 5.52 Å². The number of rotatable bonds is 4. The number of benzene rings is 1. The standard InChI is InChI=1S/C16H20N4O2/c1-10-5-13-14(6-11(10)2)17-9-18-16(13)20-7-12(8-20)3-4-15(21)19-22/h5-6,9,12,22H,3-4,7-8H2,1-2H3,(H,19,21). The Kier molecular flexibility index (Phi) is 3.94. The molecule has 1 saturated heterocycles. The minimum Gasteiger partial charge on any atom is -0.355 e. The maximum Gasteiger partial charge on any atom is 0.243 e. The average Bonchev–Trinajstić information content (AvgIpc) is 2.47. The molecular formula is C16H20N4O2. The van der Waals surface area contributed by atoms with E-state index in [0.717, 1.165) is 36.2 Å². The highest BCUT2D eigenvalue weighted by molar-refractivity contribution is 5.90. The van der Waals surface area contributed by atoms with Crippen LogP contribution in [-0.2, 0) is 4.79 Å². The maximum atomic E-state index is 11.1. The van der Waals surface area contributed by atoms with Crippen LogP contribution in [-0.4, -0.2) is 34.2 Å². The van der Waals surface area contributed by atoms with Gasteiger partial charge in [-0.15, -0.1) is 0 Å². The van der Waals surface area contributed by atoms with Gasteiger partial charge >= 0.3 is 0 Å². The first-order chi connectivity index (χ1) is 10.6. The lowest BCUT2D eigenvalue weighted by atomic mass is 9.94. The molecule has 1 aliphatic rings. The summed E-state index contributed by atoms with van der Waals surface area (Å²) in [5, 5.41) is 9.59. The quantitative estimate of drug-likeness (QED) is 0.666. The van der Waals surface area contributed by atoms with E-state index in [9.17, 15) is 4.79 Å². The number of hydrogen-bond acceptors (Lipinski definition) is 5. The van der Waals surface area contributed by atoms with Crippen LogP contribution in [0.25, 0.3) is 10.9 Å². The summed E-state index contributed by atoms with van der Waals surface area (Å²) in [6, 6.07) is 4.24. The molecule has 0 spiro atoms. The van der Waals surface area contributed by atoms with Gasteiger partial charge < -0.3 is 4.90 Å². The van der Waals surface area contributed by atoms with E-state index >= 15 is 0 Å². The first kappa shape index (κ1) is 14.7. The number of carbonyl (C=O) groups excluding carboxylic acids is 1. The number of aromatic nitrogens is 2. The Hall–Kier alpha value is -2.21. The SMILES string of the molecule is Cc1cc2ncnc(N3CC(CCC(=O)NO)C3)c2cc1C. The zero-order valence-electron chi connectivity index (χ0n) is 12.8. The average molecular weight is 300 g/mol. The number of hydrogen-bond donors (Lipinski definition) is 2. The van der Waals surface area contributed by atoms with Crippen molar-refractivity contribution in [2.24, 2.45) is 5.92 Å². The second-order valence-electron chi connectivity index (χ2n) is 6.00. The largest absolute Gasteiger partial charge is 0.355 e. The van der Waals surface area contributed by atoms with E-state index in [1.54, 1.807) is 11.8 Å². The van der Waals surface area contributed by atoms with E-state index < -0.39 is 0 Å². The second kappa shape index (κ2) is 5.88. The van der Waals surface area contributed by atoms with Gasteiger partial charge in [-0.3, -0.25) is 10.0 Å². The molecular weight excluding hydrogens is 280 g/mol. The third-order valence-electron chi connectivity index (χ3n) is 4.39. The molecule has 0 saturated carbocycles. The molecule has 1 aromatic heterocycles. The van der Waals surface area contributed by atoms with Crippen molar-refractivity contribution in [1.82, 2.24) is 15.4 Å². The summed E-state index contributed by atoms with van der Waals surface area (Å²) in [5.41, 5.74) is 5.11. The molecule has 1 aromatic carbocycles. The molecule has 116 valence electrons. The zero-order valence-corrected chi connectivity index (χ0v) is 12.8. The van der Waals surface area contributed by atoms with Crippen LogP contribution in [0.15, 0.2) is 18.5 Å². The van der Waals surface area contributed by atoms with Gasteiger partial charge in [0.15, 0.2) is 0 Å². The summed E-state index contributed by atoms with van der Waals surface area (Å²) in [6.07, 6.45) is 2.75. The van der Waals surface area contributed by atoms with Gasteiger partial charge in [-0.25, -0.2) is 15.4 Å². The minimum absolute atomic E-state index is 0.322. The van der Waals surface area contributed by atoms with E-state index in [0.29, 0.717) is 12.3 Å². The van der Waals surface area contributed by atoms with Gasteiger partial charge in [0.25, 0.3) is 0 Å². The van der Waals surface area contributed by atoms with E-state index in [4.69, 9.17) is 5.21 Å². The maximum absolute atomic E-state index is 11.1. The van der Waals surface area contributed by atoms with E-state index in [1.165, 1.54) is 11.1 Å². The molecule has 6 heteroatoms. The molecule has 1 fully saturated rings. The molecule has 22 heavy (non-hydrogen) atoms. The highest BCUT2D eigenvalue weighted by Gasteiger charge is 2.29. The van der Waals surface area contributed by atoms with Crippen LogP contribution >= 0.6 is 0 Å². The van der Waals surface area contributed by atoms with Crippen LogP contribution in [0.4, 0.5) is 5.82 Å². The normalized spacial score (nSPS) is 15.0. The first-order valence-electron chi connectivity index (χ1n) is 7.48. The van der Waals surface area contributed by atoms with Gasteiger partial charge in [0, 0.05) is 24.9 Å². The van der Waals surface area contributed by atoms with Crippen molar-refractivity contribution < 1.29 is 10.0 Å². The lowest BCUT2D eigenvalue weighted by molar-refractivity contribution is -0.129. The molecule has 0 atom stereocenters. The summed E-state index contributed by atoms with van der Waals surface area (Å²) >= 11 is 0. The number of nitrogens with zero attached hydrogens (tertiary/aromatic N) is 3. The first-order valence-corrected chi connectivity index (χ1v) is 7.48. The number of aryl methyl sites for hydroxylation is 2. The van der Waals surface area contributed by atoms with Crippen molar-refractivity contribution in [3.8, 4) is 0 Å². The Morgan fingerprint density at radius 3 is 2.77 bits per heavy atom. The molecule has 2 heterocycles. The van der Waals surface area contributed by atoms with E-state index in [-0.39, 0.29) is 5.91 Å². The number of fused-ring (bicyclic) bond motifs is 1. The fourth-order valence-corrected chi connectivity index (χ4v) is 2.87. The van der Waals surface area contributed by atoms with Crippen LogP contribution < -0.4 is 10.4 Å². The number of amides is 1. The van der Waals surface area contributed by atoms with E-state index in [2.05, 4.69) is 40.8 Å². The molecule has 0 aliphatic carbocycles. The number of anilines is 1. The predicted molar refractivity (Wildman–Crippen MR) is 83.9 cm³/mol. The van der Waals surface area contributed by atoms with Gasteiger partial charge in [-0.05, 0) is 49.4 Å². The molecule has 0 bridgehead atoms. The van der Waals surface area contributed by atoms with Crippen molar-refractivity contribution in [2.45, 2.75) is 26.7 Å². The van der Waals surface area contributed by atoms with Crippen LogP contribution in [0, 0.1) is 19.8 Å². The topological polar surface area (TPSA) is 78.4 Å². The molecule has 3 rings (SSSR count). The van der Waals surface area contributed by atoms with Crippen molar-refractivity contribution >= 4 is 22.6 Å².